The average Bonchev–Trinajstić information content (AvgIpc) is 3.11. The van der Waals surface area contributed by atoms with Crippen molar-refractivity contribution < 1.29 is 9.59 Å². The van der Waals surface area contributed by atoms with Gasteiger partial charge in [-0.15, -0.1) is 11.3 Å². The molecule has 2 aliphatic rings. The Hall–Kier alpha value is -1.56. The summed E-state index contributed by atoms with van der Waals surface area (Å²) >= 11 is 1.48. The van der Waals surface area contributed by atoms with Gasteiger partial charge >= 0.3 is 6.03 Å². The summed E-state index contributed by atoms with van der Waals surface area (Å²) < 4.78 is 0. The largest absolute Gasteiger partial charge is 0.336 e. The minimum absolute atomic E-state index is 0.0408. The predicted octanol–water partition coefficient (Wildman–Crippen LogP) is 2.79. The Bertz CT molecular complexity index is 546. The van der Waals surface area contributed by atoms with Crippen LogP contribution in [0.4, 0.5) is 4.79 Å². The van der Waals surface area contributed by atoms with Crippen LogP contribution in [0.1, 0.15) is 42.3 Å². The van der Waals surface area contributed by atoms with E-state index < -0.39 is 0 Å². The van der Waals surface area contributed by atoms with E-state index >= 15 is 0 Å². The summed E-state index contributed by atoms with van der Waals surface area (Å²) in [4.78, 5) is 29.3. The van der Waals surface area contributed by atoms with Crippen LogP contribution in [0.25, 0.3) is 0 Å². The Balaban J connectivity index is 1.48. The molecule has 126 valence electrons. The molecule has 1 aromatic heterocycles. The lowest BCUT2D eigenvalue weighted by atomic mass is 10.2. The molecule has 6 heteroatoms. The fourth-order valence-electron chi connectivity index (χ4n) is 3.24. The Kier molecular flexibility index (Phi) is 5.20. The molecule has 1 saturated heterocycles. The second-order valence-electron chi connectivity index (χ2n) is 6.45. The van der Waals surface area contributed by atoms with Gasteiger partial charge in [-0.2, -0.15) is 0 Å². The van der Waals surface area contributed by atoms with E-state index in [-0.39, 0.29) is 11.9 Å². The van der Waals surface area contributed by atoms with Gasteiger partial charge in [0.15, 0.2) is 0 Å². The van der Waals surface area contributed by atoms with E-state index in [1.54, 1.807) is 0 Å². The number of carbonyl (C=O) groups excluding carboxylic acids is 2. The summed E-state index contributed by atoms with van der Waals surface area (Å²) in [6, 6.07) is 4.18. The molecule has 5 nitrogen and oxygen atoms in total. The maximum atomic E-state index is 12.4. The lowest BCUT2D eigenvalue weighted by Crippen LogP contribution is -2.43. The average molecular weight is 335 g/mol. The van der Waals surface area contributed by atoms with Crippen LogP contribution in [-0.2, 0) is 0 Å². The molecule has 0 aromatic carbocycles. The van der Waals surface area contributed by atoms with E-state index in [0.717, 1.165) is 30.8 Å². The zero-order valence-electron chi connectivity index (χ0n) is 13.7. The van der Waals surface area contributed by atoms with Crippen molar-refractivity contribution >= 4 is 23.3 Å². The Labute approximate surface area is 141 Å². The molecule has 1 N–H and O–H groups in total. The van der Waals surface area contributed by atoms with Crippen LogP contribution in [0.5, 0.6) is 0 Å². The second kappa shape index (κ2) is 7.34. The zero-order valence-corrected chi connectivity index (χ0v) is 14.5. The van der Waals surface area contributed by atoms with Crippen molar-refractivity contribution in [3.63, 3.8) is 0 Å². The fraction of sp³-hybridized carbons (Fsp3) is 0.647. The molecule has 1 aromatic rings. The molecule has 0 radical (unpaired) electrons. The molecule has 2 heterocycles. The summed E-state index contributed by atoms with van der Waals surface area (Å²) in [7, 11) is 0. The van der Waals surface area contributed by atoms with Crippen molar-refractivity contribution in [2.45, 2.75) is 38.6 Å². The first-order valence-electron chi connectivity index (χ1n) is 8.57. The smallest absolute Gasteiger partial charge is 0.317 e. The Morgan fingerprint density at radius 1 is 1.26 bits per heavy atom. The summed E-state index contributed by atoms with van der Waals surface area (Å²) in [5.41, 5.74) is 0. The number of nitrogens with zero attached hydrogens (tertiary/aromatic N) is 2. The Morgan fingerprint density at radius 2 is 2.04 bits per heavy atom. The van der Waals surface area contributed by atoms with Crippen LogP contribution >= 0.6 is 11.3 Å². The molecular weight excluding hydrogens is 310 g/mol. The quantitative estimate of drug-likeness (QED) is 0.920. The first-order valence-corrected chi connectivity index (χ1v) is 9.45. The van der Waals surface area contributed by atoms with Crippen LogP contribution in [0.15, 0.2) is 17.5 Å². The van der Waals surface area contributed by atoms with Crippen LogP contribution in [-0.4, -0.2) is 54.0 Å². The molecule has 23 heavy (non-hydrogen) atoms. The van der Waals surface area contributed by atoms with Gasteiger partial charge < -0.3 is 15.1 Å². The van der Waals surface area contributed by atoms with E-state index in [1.165, 1.54) is 24.2 Å². The van der Waals surface area contributed by atoms with Gasteiger partial charge in [-0.05, 0) is 36.6 Å². The third-order valence-electron chi connectivity index (χ3n) is 4.69. The molecule has 3 amide bonds. The van der Waals surface area contributed by atoms with Crippen molar-refractivity contribution in [2.24, 2.45) is 5.92 Å². The number of urea groups is 1. The second-order valence-corrected chi connectivity index (χ2v) is 7.40. The first kappa shape index (κ1) is 16.3. The lowest BCUT2D eigenvalue weighted by Gasteiger charge is -2.22. The van der Waals surface area contributed by atoms with Crippen molar-refractivity contribution in [3.8, 4) is 0 Å². The summed E-state index contributed by atoms with van der Waals surface area (Å²) in [6.07, 6.45) is 4.35. The van der Waals surface area contributed by atoms with Crippen LogP contribution < -0.4 is 5.32 Å². The van der Waals surface area contributed by atoms with Gasteiger partial charge in [0.1, 0.15) is 0 Å². The van der Waals surface area contributed by atoms with Crippen LogP contribution in [0, 0.1) is 5.92 Å². The highest BCUT2D eigenvalue weighted by Gasteiger charge is 2.38. The monoisotopic (exact) mass is 335 g/mol. The van der Waals surface area contributed by atoms with E-state index in [4.69, 9.17) is 0 Å². The highest BCUT2D eigenvalue weighted by Crippen LogP contribution is 2.34. The van der Waals surface area contributed by atoms with Crippen molar-refractivity contribution in [1.82, 2.24) is 15.1 Å². The first-order chi connectivity index (χ1) is 11.2. The van der Waals surface area contributed by atoms with Gasteiger partial charge in [-0.25, -0.2) is 4.79 Å². The molecule has 1 aliphatic carbocycles. The number of nitrogens with one attached hydrogen (secondary N) is 1. The minimum atomic E-state index is 0.0408. The van der Waals surface area contributed by atoms with Gasteiger partial charge in [0, 0.05) is 32.2 Å². The molecule has 3 rings (SSSR count). The topological polar surface area (TPSA) is 52.7 Å². The van der Waals surface area contributed by atoms with Crippen LogP contribution in [0.2, 0.25) is 0 Å². The van der Waals surface area contributed by atoms with Gasteiger partial charge in [-0.3, -0.25) is 4.79 Å². The van der Waals surface area contributed by atoms with Gasteiger partial charge in [0.05, 0.1) is 4.88 Å². The highest BCUT2D eigenvalue weighted by molar-refractivity contribution is 7.12. The fourth-order valence-corrected chi connectivity index (χ4v) is 3.93. The summed E-state index contributed by atoms with van der Waals surface area (Å²) in [5, 5.41) is 5.07. The van der Waals surface area contributed by atoms with Crippen molar-refractivity contribution in [3.05, 3.63) is 22.4 Å². The molecular formula is C17H25N3O2S. The van der Waals surface area contributed by atoms with E-state index in [9.17, 15) is 9.59 Å². The predicted molar refractivity (Wildman–Crippen MR) is 91.7 cm³/mol. The molecule has 0 unspecified atom stereocenters. The lowest BCUT2D eigenvalue weighted by molar-refractivity contribution is 0.0767. The maximum Gasteiger partial charge on any atom is 0.317 e. The van der Waals surface area contributed by atoms with Gasteiger partial charge in [-0.1, -0.05) is 19.4 Å². The van der Waals surface area contributed by atoms with Crippen molar-refractivity contribution in [2.75, 3.05) is 26.2 Å². The normalized spacial score (nSPS) is 24.2. The SMILES string of the molecule is CCC[C@@H]1C[C@H]1NC(=O)N1CCCN(C(=O)c2cccs2)CC1. The number of carbonyl (C=O) groups is 2. The zero-order chi connectivity index (χ0) is 16.2. The van der Waals surface area contributed by atoms with Crippen LogP contribution in [0.3, 0.4) is 0 Å². The third-order valence-corrected chi connectivity index (χ3v) is 5.55. The van der Waals surface area contributed by atoms with E-state index in [1.807, 2.05) is 27.3 Å². The minimum Gasteiger partial charge on any atom is -0.336 e. The van der Waals surface area contributed by atoms with E-state index in [0.29, 0.717) is 25.0 Å². The number of rotatable bonds is 4. The Morgan fingerprint density at radius 3 is 2.78 bits per heavy atom. The number of hydrogen-bond acceptors (Lipinski definition) is 3. The molecule has 2 atom stereocenters. The summed E-state index contributed by atoms with van der Waals surface area (Å²) in [6.45, 7) is 4.88. The maximum absolute atomic E-state index is 12.4. The van der Waals surface area contributed by atoms with Gasteiger partial charge in [0.25, 0.3) is 5.91 Å². The highest BCUT2D eigenvalue weighted by atomic mass is 32.1. The molecule has 1 aliphatic heterocycles. The number of hydrogen-bond donors (Lipinski definition) is 1. The molecule has 2 fully saturated rings. The number of thiophene rings is 1. The number of amides is 3. The third kappa shape index (κ3) is 4.05. The molecule has 1 saturated carbocycles. The molecule has 0 spiro atoms. The summed E-state index contributed by atoms with van der Waals surface area (Å²) in [5.74, 6) is 0.764. The molecule has 0 bridgehead atoms. The van der Waals surface area contributed by atoms with E-state index in [2.05, 4.69) is 12.2 Å². The van der Waals surface area contributed by atoms with Crippen molar-refractivity contribution in [1.29, 1.82) is 0 Å². The standard InChI is InChI=1S/C17H25N3O2S/c1-2-5-13-12-14(13)18-17(22)20-8-4-7-19(9-10-20)16(21)15-6-3-11-23-15/h3,6,11,13-14H,2,4-5,7-10,12H2,1H3,(H,18,22)/t13-,14-/m1/s1. The van der Waals surface area contributed by atoms with Gasteiger partial charge in [0.2, 0.25) is 0 Å².